The molecule has 0 aromatic heterocycles. The van der Waals surface area contributed by atoms with Gasteiger partial charge in [0.2, 0.25) is 5.91 Å². The Labute approximate surface area is 160 Å². The zero-order valence-electron chi connectivity index (χ0n) is 15.4. The zero-order valence-corrected chi connectivity index (χ0v) is 16.2. The van der Waals surface area contributed by atoms with E-state index in [0.717, 1.165) is 11.4 Å². The van der Waals surface area contributed by atoms with E-state index in [2.05, 4.69) is 5.32 Å². The fourth-order valence-electron chi connectivity index (χ4n) is 3.20. The van der Waals surface area contributed by atoms with Crippen molar-refractivity contribution in [1.82, 2.24) is 10.2 Å². The first-order valence-corrected chi connectivity index (χ1v) is 10.3. The molecule has 5 nitrogen and oxygen atoms in total. The molecule has 0 saturated heterocycles. The predicted octanol–water partition coefficient (Wildman–Crippen LogP) is 3.46. The standard InChI is InChI=1S/C20H27N3O2S/c1-2-23(13-12-21)20(25)17-10-6-7-11-18(17)26-15-19(24)22-14-16-8-4-3-5-9-16/h6-7,10-11,16H,2-5,8-9,13-15H2,1H3,(H,22,24). The number of nitriles is 1. The lowest BCUT2D eigenvalue weighted by Gasteiger charge is -2.21. The zero-order chi connectivity index (χ0) is 18.8. The number of amides is 2. The van der Waals surface area contributed by atoms with Gasteiger partial charge < -0.3 is 10.2 Å². The minimum absolute atomic E-state index is 0.00666. The van der Waals surface area contributed by atoms with Crippen LogP contribution < -0.4 is 5.32 Å². The van der Waals surface area contributed by atoms with Crippen molar-refractivity contribution in [3.8, 4) is 6.07 Å². The van der Waals surface area contributed by atoms with Crippen LogP contribution in [0.3, 0.4) is 0 Å². The van der Waals surface area contributed by atoms with Gasteiger partial charge in [0, 0.05) is 18.0 Å². The lowest BCUT2D eigenvalue weighted by atomic mass is 9.89. The molecular weight excluding hydrogens is 346 g/mol. The van der Waals surface area contributed by atoms with Gasteiger partial charge in [-0.1, -0.05) is 31.4 Å². The first kappa shape index (κ1) is 20.3. The Morgan fingerprint density at radius 3 is 2.69 bits per heavy atom. The summed E-state index contributed by atoms with van der Waals surface area (Å²) in [6.45, 7) is 3.15. The topological polar surface area (TPSA) is 73.2 Å². The van der Waals surface area contributed by atoms with Gasteiger partial charge in [-0.3, -0.25) is 9.59 Å². The Kier molecular flexibility index (Phi) is 8.49. The molecule has 0 atom stereocenters. The highest BCUT2D eigenvalue weighted by Crippen LogP contribution is 2.25. The fourth-order valence-corrected chi connectivity index (χ4v) is 4.07. The van der Waals surface area contributed by atoms with Gasteiger partial charge in [0.15, 0.2) is 0 Å². The third kappa shape index (κ3) is 6.06. The first-order valence-electron chi connectivity index (χ1n) is 9.30. The van der Waals surface area contributed by atoms with Gasteiger partial charge in [-0.05, 0) is 37.8 Å². The second-order valence-corrected chi connectivity index (χ2v) is 7.59. The summed E-state index contributed by atoms with van der Waals surface area (Å²) in [5, 5.41) is 11.9. The van der Waals surface area contributed by atoms with Crippen LogP contribution in [0.5, 0.6) is 0 Å². The summed E-state index contributed by atoms with van der Waals surface area (Å²) < 4.78 is 0. The van der Waals surface area contributed by atoms with Crippen LogP contribution in [-0.4, -0.2) is 42.1 Å². The van der Waals surface area contributed by atoms with Crippen LogP contribution in [0.4, 0.5) is 0 Å². The summed E-state index contributed by atoms with van der Waals surface area (Å²) in [5.41, 5.74) is 0.551. The van der Waals surface area contributed by atoms with Gasteiger partial charge >= 0.3 is 0 Å². The molecule has 26 heavy (non-hydrogen) atoms. The number of carbonyl (C=O) groups is 2. The second-order valence-electron chi connectivity index (χ2n) is 6.57. The van der Waals surface area contributed by atoms with Crippen LogP contribution in [0.25, 0.3) is 0 Å². The van der Waals surface area contributed by atoms with E-state index in [4.69, 9.17) is 5.26 Å². The fraction of sp³-hybridized carbons (Fsp3) is 0.550. The minimum atomic E-state index is -0.167. The summed E-state index contributed by atoms with van der Waals surface area (Å²) >= 11 is 1.37. The molecule has 1 fully saturated rings. The molecule has 2 rings (SSSR count). The Morgan fingerprint density at radius 1 is 1.27 bits per heavy atom. The van der Waals surface area contributed by atoms with Crippen LogP contribution in [0.1, 0.15) is 49.4 Å². The molecule has 1 saturated carbocycles. The maximum absolute atomic E-state index is 12.6. The molecule has 1 aromatic carbocycles. The quantitative estimate of drug-likeness (QED) is 0.559. The molecule has 2 amide bonds. The molecule has 1 aliphatic carbocycles. The molecule has 1 N–H and O–H groups in total. The van der Waals surface area contributed by atoms with E-state index < -0.39 is 0 Å². The van der Waals surface area contributed by atoms with Crippen molar-refractivity contribution >= 4 is 23.6 Å². The van der Waals surface area contributed by atoms with E-state index in [9.17, 15) is 9.59 Å². The molecule has 0 spiro atoms. The van der Waals surface area contributed by atoms with Crippen molar-refractivity contribution in [2.75, 3.05) is 25.4 Å². The van der Waals surface area contributed by atoms with E-state index in [1.807, 2.05) is 25.1 Å². The van der Waals surface area contributed by atoms with Crippen LogP contribution in [-0.2, 0) is 4.79 Å². The molecule has 6 heteroatoms. The number of carbonyl (C=O) groups excluding carboxylic acids is 2. The Balaban J connectivity index is 1.89. The summed E-state index contributed by atoms with van der Waals surface area (Å²) in [6, 6.07) is 9.30. The smallest absolute Gasteiger partial charge is 0.255 e. The molecule has 1 aliphatic rings. The molecule has 140 valence electrons. The Bertz CT molecular complexity index is 651. The van der Waals surface area contributed by atoms with Crippen molar-refractivity contribution in [2.45, 2.75) is 43.9 Å². The molecule has 0 radical (unpaired) electrons. The first-order chi connectivity index (χ1) is 12.7. The van der Waals surface area contributed by atoms with E-state index in [1.54, 1.807) is 12.1 Å². The third-order valence-corrected chi connectivity index (χ3v) is 5.79. The Hall–Kier alpha value is -2.00. The van der Waals surface area contributed by atoms with E-state index in [-0.39, 0.29) is 18.4 Å². The van der Waals surface area contributed by atoms with Crippen LogP contribution in [0.2, 0.25) is 0 Å². The summed E-state index contributed by atoms with van der Waals surface area (Å²) in [7, 11) is 0. The van der Waals surface area contributed by atoms with Crippen molar-refractivity contribution < 1.29 is 9.59 Å². The number of rotatable bonds is 8. The maximum atomic E-state index is 12.6. The highest BCUT2D eigenvalue weighted by Gasteiger charge is 2.18. The number of nitrogens with zero attached hydrogens (tertiary/aromatic N) is 2. The summed E-state index contributed by atoms with van der Waals surface area (Å²) in [6.07, 6.45) is 6.25. The molecule has 0 aliphatic heterocycles. The van der Waals surface area contributed by atoms with Crippen molar-refractivity contribution in [1.29, 1.82) is 5.26 Å². The van der Waals surface area contributed by atoms with Crippen molar-refractivity contribution in [3.05, 3.63) is 29.8 Å². The second kappa shape index (κ2) is 10.9. The molecular formula is C20H27N3O2S. The average molecular weight is 374 g/mol. The number of thioether (sulfide) groups is 1. The van der Waals surface area contributed by atoms with E-state index in [0.29, 0.717) is 23.8 Å². The molecule has 0 heterocycles. The number of hydrogen-bond acceptors (Lipinski definition) is 4. The maximum Gasteiger partial charge on any atom is 0.255 e. The highest BCUT2D eigenvalue weighted by atomic mass is 32.2. The number of nitrogens with one attached hydrogen (secondary N) is 1. The lowest BCUT2D eigenvalue weighted by Crippen LogP contribution is -2.32. The largest absolute Gasteiger partial charge is 0.355 e. The minimum Gasteiger partial charge on any atom is -0.355 e. The number of hydrogen-bond donors (Lipinski definition) is 1. The monoisotopic (exact) mass is 373 g/mol. The van der Waals surface area contributed by atoms with Crippen LogP contribution in [0, 0.1) is 17.2 Å². The van der Waals surface area contributed by atoms with Gasteiger partial charge in [-0.15, -0.1) is 11.8 Å². The van der Waals surface area contributed by atoms with Gasteiger partial charge in [0.1, 0.15) is 6.54 Å². The predicted molar refractivity (Wildman–Crippen MR) is 104 cm³/mol. The van der Waals surface area contributed by atoms with E-state index in [1.165, 1.54) is 48.8 Å². The SMILES string of the molecule is CCN(CC#N)C(=O)c1ccccc1SCC(=O)NCC1CCCCC1. The van der Waals surface area contributed by atoms with Gasteiger partial charge in [-0.25, -0.2) is 0 Å². The third-order valence-electron chi connectivity index (χ3n) is 4.72. The van der Waals surface area contributed by atoms with Crippen LogP contribution >= 0.6 is 11.8 Å². The number of benzene rings is 1. The Morgan fingerprint density at radius 2 is 2.00 bits per heavy atom. The molecule has 0 bridgehead atoms. The van der Waals surface area contributed by atoms with Crippen molar-refractivity contribution in [2.24, 2.45) is 5.92 Å². The highest BCUT2D eigenvalue weighted by molar-refractivity contribution is 8.00. The molecule has 1 aromatic rings. The van der Waals surface area contributed by atoms with E-state index >= 15 is 0 Å². The van der Waals surface area contributed by atoms with Gasteiger partial charge in [0.25, 0.3) is 5.91 Å². The summed E-state index contributed by atoms with van der Waals surface area (Å²) in [4.78, 5) is 27.1. The van der Waals surface area contributed by atoms with Crippen LogP contribution in [0.15, 0.2) is 29.2 Å². The average Bonchev–Trinajstić information content (AvgIpc) is 2.69. The molecule has 0 unspecified atom stereocenters. The van der Waals surface area contributed by atoms with Crippen molar-refractivity contribution in [3.63, 3.8) is 0 Å². The van der Waals surface area contributed by atoms with Gasteiger partial charge in [0.05, 0.1) is 17.4 Å². The van der Waals surface area contributed by atoms with Gasteiger partial charge in [-0.2, -0.15) is 5.26 Å². The lowest BCUT2D eigenvalue weighted by molar-refractivity contribution is -0.118. The normalized spacial score (nSPS) is 14.5. The summed E-state index contributed by atoms with van der Waals surface area (Å²) in [5.74, 6) is 0.740.